The fraction of sp³-hybridized carbons (Fsp3) is 0.680. The predicted octanol–water partition coefficient (Wildman–Crippen LogP) is 3.58. The Balaban J connectivity index is 1.80. The maximum Gasteiger partial charge on any atom is 0.319 e. The quantitative estimate of drug-likeness (QED) is 0.721. The number of ether oxygens (including phenoxy) is 2. The summed E-state index contributed by atoms with van der Waals surface area (Å²) in [5, 5.41) is 5.95. The van der Waals surface area contributed by atoms with Gasteiger partial charge in [0.25, 0.3) is 5.91 Å². The number of urea groups is 1. The van der Waals surface area contributed by atoms with E-state index in [0.29, 0.717) is 30.2 Å². The van der Waals surface area contributed by atoms with E-state index in [0.717, 1.165) is 32.2 Å². The van der Waals surface area contributed by atoms with Crippen LogP contribution in [0.1, 0.15) is 56.3 Å². The zero-order chi connectivity index (χ0) is 24.0. The van der Waals surface area contributed by atoms with Crippen molar-refractivity contribution < 1.29 is 19.1 Å². The first kappa shape index (κ1) is 25.3. The number of carbonyl (C=O) groups is 2. The molecular formula is C25H40N4O4. The molecule has 1 aliphatic heterocycles. The molecule has 8 heteroatoms. The van der Waals surface area contributed by atoms with Crippen LogP contribution in [-0.4, -0.2) is 80.8 Å². The van der Waals surface area contributed by atoms with E-state index in [2.05, 4.69) is 36.4 Å². The summed E-state index contributed by atoms with van der Waals surface area (Å²) in [7, 11) is 5.55. The summed E-state index contributed by atoms with van der Waals surface area (Å²) >= 11 is 0. The Hall–Kier alpha value is -2.32. The van der Waals surface area contributed by atoms with Crippen LogP contribution < -0.4 is 15.4 Å². The summed E-state index contributed by atoms with van der Waals surface area (Å²) in [6.45, 7) is 6.03. The number of methoxy groups -OCH3 is 1. The van der Waals surface area contributed by atoms with E-state index in [-0.39, 0.29) is 36.0 Å². The molecule has 33 heavy (non-hydrogen) atoms. The van der Waals surface area contributed by atoms with Crippen LogP contribution in [0.5, 0.6) is 5.75 Å². The molecule has 0 unspecified atom stereocenters. The van der Waals surface area contributed by atoms with Gasteiger partial charge in [0.1, 0.15) is 12.4 Å². The average molecular weight is 461 g/mol. The van der Waals surface area contributed by atoms with E-state index in [1.807, 2.05) is 0 Å². The van der Waals surface area contributed by atoms with Gasteiger partial charge in [-0.2, -0.15) is 0 Å². The van der Waals surface area contributed by atoms with Crippen LogP contribution in [0.4, 0.5) is 10.5 Å². The molecule has 1 aromatic rings. The van der Waals surface area contributed by atoms with E-state index in [9.17, 15) is 9.59 Å². The van der Waals surface area contributed by atoms with Crippen molar-refractivity contribution in [2.24, 2.45) is 5.92 Å². The summed E-state index contributed by atoms with van der Waals surface area (Å²) in [5.74, 6) is 0.609. The lowest BCUT2D eigenvalue weighted by Crippen LogP contribution is -2.45. The van der Waals surface area contributed by atoms with Crippen LogP contribution >= 0.6 is 0 Å². The molecule has 1 saturated carbocycles. The molecule has 0 radical (unpaired) electrons. The highest BCUT2D eigenvalue weighted by atomic mass is 16.5. The zero-order valence-corrected chi connectivity index (χ0v) is 20.7. The lowest BCUT2D eigenvalue weighted by atomic mass is 9.96. The molecule has 3 amide bonds. The van der Waals surface area contributed by atoms with E-state index < -0.39 is 0 Å². The summed E-state index contributed by atoms with van der Waals surface area (Å²) in [6, 6.07) is 5.41. The summed E-state index contributed by atoms with van der Waals surface area (Å²) in [5.41, 5.74) is 1.01. The highest BCUT2D eigenvalue weighted by Gasteiger charge is 2.27. The van der Waals surface area contributed by atoms with Gasteiger partial charge in [0, 0.05) is 45.0 Å². The number of anilines is 1. The van der Waals surface area contributed by atoms with Gasteiger partial charge in [-0.05, 0) is 50.9 Å². The van der Waals surface area contributed by atoms with Crippen LogP contribution in [0.25, 0.3) is 0 Å². The van der Waals surface area contributed by atoms with Crippen molar-refractivity contribution in [2.45, 2.75) is 64.1 Å². The minimum Gasteiger partial charge on any atom is -0.491 e. The number of likely N-dealkylation sites (N-methyl/N-ethyl adjacent to an activating group) is 2. The third-order valence-electron chi connectivity index (χ3n) is 6.95. The van der Waals surface area contributed by atoms with Crippen molar-refractivity contribution >= 4 is 17.6 Å². The Labute approximate surface area is 198 Å². The second-order valence-electron chi connectivity index (χ2n) is 9.68. The molecule has 1 aliphatic carbocycles. The number of hydrogen-bond donors (Lipinski definition) is 2. The van der Waals surface area contributed by atoms with Crippen molar-refractivity contribution in [3.63, 3.8) is 0 Å². The smallest absolute Gasteiger partial charge is 0.319 e. The van der Waals surface area contributed by atoms with Crippen molar-refractivity contribution in [1.82, 2.24) is 15.1 Å². The largest absolute Gasteiger partial charge is 0.491 e. The minimum atomic E-state index is -0.236. The van der Waals surface area contributed by atoms with E-state index >= 15 is 0 Å². The van der Waals surface area contributed by atoms with Crippen LogP contribution in [0.2, 0.25) is 0 Å². The number of fused-ring (bicyclic) bond motifs is 1. The van der Waals surface area contributed by atoms with E-state index in [4.69, 9.17) is 9.47 Å². The molecule has 3 rings (SSSR count). The maximum absolute atomic E-state index is 13.4. The number of carbonyl (C=O) groups excluding carboxylic acids is 2. The lowest BCUT2D eigenvalue weighted by molar-refractivity contribution is 0.0150. The van der Waals surface area contributed by atoms with Crippen molar-refractivity contribution in [2.75, 3.05) is 46.2 Å². The van der Waals surface area contributed by atoms with Crippen molar-refractivity contribution in [3.8, 4) is 5.75 Å². The highest BCUT2D eigenvalue weighted by Crippen LogP contribution is 2.26. The molecule has 0 aromatic heterocycles. The van der Waals surface area contributed by atoms with Crippen LogP contribution in [0.3, 0.4) is 0 Å². The second-order valence-corrected chi connectivity index (χ2v) is 9.68. The number of rotatable bonds is 3. The number of hydrogen-bond acceptors (Lipinski definition) is 5. The Kier molecular flexibility index (Phi) is 8.97. The van der Waals surface area contributed by atoms with Gasteiger partial charge < -0.3 is 25.0 Å². The molecule has 184 valence electrons. The van der Waals surface area contributed by atoms with Gasteiger partial charge in [-0.15, -0.1) is 0 Å². The molecule has 1 aromatic carbocycles. The standard InChI is InChI=1S/C25H40N4O4/c1-17-14-28(3)18(2)16-33-22-12-11-20(27-25(31)26-19-9-7-6-8-10-19)13-21(22)24(30)29(4)15-23(17)32-5/h11-13,17-19,23H,6-10,14-16H2,1-5H3,(H2,26,27,31)/t17-,18+,23+/m0/s1. The monoisotopic (exact) mass is 460 g/mol. The fourth-order valence-corrected chi connectivity index (χ4v) is 4.63. The summed E-state index contributed by atoms with van der Waals surface area (Å²) < 4.78 is 11.8. The first-order valence-electron chi connectivity index (χ1n) is 12.1. The van der Waals surface area contributed by atoms with Crippen LogP contribution in [0.15, 0.2) is 18.2 Å². The molecule has 2 N–H and O–H groups in total. The second kappa shape index (κ2) is 11.7. The number of amides is 3. The maximum atomic E-state index is 13.4. The molecule has 1 fully saturated rings. The Morgan fingerprint density at radius 2 is 1.85 bits per heavy atom. The Morgan fingerprint density at radius 3 is 2.55 bits per heavy atom. The average Bonchev–Trinajstić information content (AvgIpc) is 2.80. The first-order chi connectivity index (χ1) is 15.8. The lowest BCUT2D eigenvalue weighted by Gasteiger charge is -2.34. The van der Waals surface area contributed by atoms with Gasteiger partial charge >= 0.3 is 6.03 Å². The first-order valence-corrected chi connectivity index (χ1v) is 12.1. The van der Waals surface area contributed by atoms with Crippen molar-refractivity contribution in [1.29, 1.82) is 0 Å². The van der Waals surface area contributed by atoms with Gasteiger partial charge in [0.2, 0.25) is 0 Å². The van der Waals surface area contributed by atoms with Gasteiger partial charge in [-0.1, -0.05) is 26.2 Å². The Morgan fingerprint density at radius 1 is 1.12 bits per heavy atom. The number of benzene rings is 1. The molecule has 1 heterocycles. The molecule has 3 atom stereocenters. The molecule has 0 saturated heterocycles. The number of nitrogens with one attached hydrogen (secondary N) is 2. The minimum absolute atomic E-state index is 0.0834. The molecular weight excluding hydrogens is 420 g/mol. The van der Waals surface area contributed by atoms with E-state index in [1.165, 1.54) is 6.42 Å². The van der Waals surface area contributed by atoms with Gasteiger partial charge in [0.05, 0.1) is 11.7 Å². The van der Waals surface area contributed by atoms with Crippen molar-refractivity contribution in [3.05, 3.63) is 23.8 Å². The third-order valence-corrected chi connectivity index (χ3v) is 6.95. The highest BCUT2D eigenvalue weighted by molar-refractivity contribution is 5.99. The van der Waals surface area contributed by atoms with Gasteiger partial charge in [-0.3, -0.25) is 9.69 Å². The molecule has 2 aliphatic rings. The fourth-order valence-electron chi connectivity index (χ4n) is 4.63. The van der Waals surface area contributed by atoms with Gasteiger partial charge in [0.15, 0.2) is 0 Å². The zero-order valence-electron chi connectivity index (χ0n) is 20.7. The summed E-state index contributed by atoms with van der Waals surface area (Å²) in [6.07, 6.45) is 5.48. The topological polar surface area (TPSA) is 83.1 Å². The van der Waals surface area contributed by atoms with Gasteiger partial charge in [-0.25, -0.2) is 4.79 Å². The normalized spacial score (nSPS) is 25.9. The molecule has 0 spiro atoms. The Bertz CT molecular complexity index is 812. The SMILES string of the molecule is CO[C@@H]1CN(C)C(=O)c2cc(NC(=O)NC3CCCCC3)ccc2OC[C@@H](C)N(C)C[C@@H]1C. The third kappa shape index (κ3) is 6.84. The predicted molar refractivity (Wildman–Crippen MR) is 130 cm³/mol. The van der Waals surface area contributed by atoms with E-state index in [1.54, 1.807) is 37.3 Å². The molecule has 8 nitrogen and oxygen atoms in total. The van der Waals surface area contributed by atoms with Crippen LogP contribution in [-0.2, 0) is 4.74 Å². The van der Waals surface area contributed by atoms with Crippen LogP contribution in [0, 0.1) is 5.92 Å². The number of nitrogens with zero attached hydrogens (tertiary/aromatic N) is 2. The summed E-state index contributed by atoms with van der Waals surface area (Å²) in [4.78, 5) is 29.8. The molecule has 0 bridgehead atoms.